The Labute approximate surface area is 122 Å². The number of para-hydroxylation sites is 1. The van der Waals surface area contributed by atoms with Crippen LogP contribution in [0.15, 0.2) is 48.5 Å². The third-order valence-electron chi connectivity index (χ3n) is 3.46. The number of methoxy groups -OCH3 is 1. The van der Waals surface area contributed by atoms with Crippen LogP contribution in [0.4, 0.5) is 0 Å². The van der Waals surface area contributed by atoms with Crippen molar-refractivity contribution in [2.24, 2.45) is 0 Å². The number of benzene rings is 2. The lowest BCUT2D eigenvalue weighted by molar-refractivity contribution is -0.144. The van der Waals surface area contributed by atoms with E-state index in [0.29, 0.717) is 5.02 Å². The number of fused-ring (bicyclic) bond motifs is 1. The lowest BCUT2D eigenvalue weighted by Crippen LogP contribution is -2.20. The summed E-state index contributed by atoms with van der Waals surface area (Å²) in [4.78, 5) is 12.1. The molecule has 4 heteroatoms. The van der Waals surface area contributed by atoms with E-state index in [9.17, 15) is 4.79 Å². The Hall–Kier alpha value is -2.00. The molecule has 0 radical (unpaired) electrons. The molecular weight excluding hydrogens is 276 g/mol. The van der Waals surface area contributed by atoms with Crippen molar-refractivity contribution in [3.8, 4) is 5.75 Å². The maximum atomic E-state index is 12.1. The summed E-state index contributed by atoms with van der Waals surface area (Å²) in [5.41, 5.74) is 1.76. The lowest BCUT2D eigenvalue weighted by Gasteiger charge is -2.17. The smallest absolute Gasteiger partial charge is 0.317 e. The molecule has 0 saturated heterocycles. The topological polar surface area (TPSA) is 35.5 Å². The Morgan fingerprint density at radius 1 is 1.15 bits per heavy atom. The predicted octanol–water partition coefficient (Wildman–Crippen LogP) is 3.73. The van der Waals surface area contributed by atoms with E-state index in [4.69, 9.17) is 21.1 Å². The van der Waals surface area contributed by atoms with Crippen LogP contribution < -0.4 is 4.74 Å². The molecule has 1 aliphatic rings. The van der Waals surface area contributed by atoms with Crippen LogP contribution in [0.5, 0.6) is 5.75 Å². The van der Waals surface area contributed by atoms with Gasteiger partial charge in [-0.15, -0.1) is 0 Å². The summed E-state index contributed by atoms with van der Waals surface area (Å²) in [6.07, 6.45) is -0.378. The summed E-state index contributed by atoms with van der Waals surface area (Å²) in [5.74, 6) is -0.0184. The fraction of sp³-hybridized carbons (Fsp3) is 0.188. The first-order valence-electron chi connectivity index (χ1n) is 6.29. The van der Waals surface area contributed by atoms with Crippen molar-refractivity contribution in [1.82, 2.24) is 0 Å². The average molecular weight is 289 g/mol. The molecule has 0 aliphatic carbocycles. The van der Waals surface area contributed by atoms with E-state index < -0.39 is 5.92 Å². The van der Waals surface area contributed by atoms with Crippen LogP contribution in [0.1, 0.15) is 23.1 Å². The van der Waals surface area contributed by atoms with Gasteiger partial charge in [0.15, 0.2) is 0 Å². The van der Waals surface area contributed by atoms with Crippen molar-refractivity contribution in [3.05, 3.63) is 64.7 Å². The number of halogens is 1. The maximum Gasteiger partial charge on any atom is 0.317 e. The van der Waals surface area contributed by atoms with Crippen molar-refractivity contribution < 1.29 is 14.3 Å². The Morgan fingerprint density at radius 2 is 1.85 bits per heavy atom. The quantitative estimate of drug-likeness (QED) is 0.790. The van der Waals surface area contributed by atoms with Gasteiger partial charge in [0.25, 0.3) is 0 Å². The maximum absolute atomic E-state index is 12.1. The molecule has 20 heavy (non-hydrogen) atoms. The highest BCUT2D eigenvalue weighted by Gasteiger charge is 2.41. The first-order chi connectivity index (χ1) is 9.70. The molecule has 0 bridgehead atoms. The standard InChI is InChI=1S/C16H13ClO3/c1-19-16(18)14-12-4-2-3-5-13(12)20-15(14)10-6-8-11(17)9-7-10/h2-9,14-15H,1H3. The van der Waals surface area contributed by atoms with E-state index in [1.54, 1.807) is 12.1 Å². The SMILES string of the molecule is COC(=O)C1c2ccccc2OC1c1ccc(Cl)cc1. The van der Waals surface area contributed by atoms with Gasteiger partial charge >= 0.3 is 5.97 Å². The largest absolute Gasteiger partial charge is 0.484 e. The molecule has 2 atom stereocenters. The van der Waals surface area contributed by atoms with E-state index in [1.807, 2.05) is 36.4 Å². The Bertz CT molecular complexity index is 636. The number of esters is 1. The molecule has 2 aromatic rings. The Balaban J connectivity index is 2.03. The van der Waals surface area contributed by atoms with Gasteiger partial charge in [0.2, 0.25) is 0 Å². The number of carbonyl (C=O) groups excluding carboxylic acids is 1. The molecule has 0 fully saturated rings. The highest BCUT2D eigenvalue weighted by Crippen LogP contribution is 2.46. The van der Waals surface area contributed by atoms with Gasteiger partial charge in [0, 0.05) is 10.6 Å². The average Bonchev–Trinajstić information content (AvgIpc) is 2.86. The van der Waals surface area contributed by atoms with Crippen LogP contribution in [-0.4, -0.2) is 13.1 Å². The van der Waals surface area contributed by atoms with Crippen molar-refractivity contribution >= 4 is 17.6 Å². The molecule has 0 amide bonds. The number of hydrogen-bond donors (Lipinski definition) is 0. The van der Waals surface area contributed by atoms with E-state index in [-0.39, 0.29) is 12.1 Å². The van der Waals surface area contributed by atoms with E-state index >= 15 is 0 Å². The molecule has 0 saturated carbocycles. The number of rotatable bonds is 2. The fourth-order valence-electron chi connectivity index (χ4n) is 2.50. The van der Waals surface area contributed by atoms with Gasteiger partial charge in [-0.25, -0.2) is 0 Å². The normalized spacial score (nSPS) is 20.1. The first-order valence-corrected chi connectivity index (χ1v) is 6.67. The van der Waals surface area contributed by atoms with Crippen molar-refractivity contribution in [2.45, 2.75) is 12.0 Å². The van der Waals surface area contributed by atoms with Crippen LogP contribution >= 0.6 is 11.6 Å². The second-order valence-electron chi connectivity index (χ2n) is 4.63. The van der Waals surface area contributed by atoms with Gasteiger partial charge in [-0.1, -0.05) is 41.9 Å². The van der Waals surface area contributed by atoms with Crippen LogP contribution in [0, 0.1) is 0 Å². The van der Waals surface area contributed by atoms with Crippen LogP contribution in [0.2, 0.25) is 5.02 Å². The number of carbonyl (C=O) groups is 1. The molecule has 2 aromatic carbocycles. The summed E-state index contributed by atoms with van der Waals surface area (Å²) in [6, 6.07) is 14.9. The first kappa shape index (κ1) is 13.0. The monoisotopic (exact) mass is 288 g/mol. The molecular formula is C16H13ClO3. The molecule has 1 heterocycles. The summed E-state index contributed by atoms with van der Waals surface area (Å²) in [7, 11) is 1.39. The molecule has 2 unspecified atom stereocenters. The summed E-state index contributed by atoms with van der Waals surface area (Å²) in [6.45, 7) is 0. The minimum absolute atomic E-state index is 0.296. The van der Waals surface area contributed by atoms with Gasteiger partial charge in [0.1, 0.15) is 17.8 Å². The van der Waals surface area contributed by atoms with Crippen LogP contribution in [0.3, 0.4) is 0 Å². The van der Waals surface area contributed by atoms with E-state index in [1.165, 1.54) is 7.11 Å². The molecule has 102 valence electrons. The summed E-state index contributed by atoms with van der Waals surface area (Å²) in [5, 5.41) is 0.652. The minimum atomic E-state index is -0.447. The van der Waals surface area contributed by atoms with Crippen LogP contribution in [-0.2, 0) is 9.53 Å². The molecule has 0 aromatic heterocycles. The predicted molar refractivity (Wildman–Crippen MR) is 76.0 cm³/mol. The second kappa shape index (κ2) is 5.17. The van der Waals surface area contributed by atoms with Crippen molar-refractivity contribution in [3.63, 3.8) is 0 Å². The Kier molecular flexibility index (Phi) is 3.36. The molecule has 1 aliphatic heterocycles. The van der Waals surface area contributed by atoms with Gasteiger partial charge in [-0.05, 0) is 23.8 Å². The second-order valence-corrected chi connectivity index (χ2v) is 5.07. The van der Waals surface area contributed by atoms with Gasteiger partial charge in [-0.3, -0.25) is 4.79 Å². The highest BCUT2D eigenvalue weighted by molar-refractivity contribution is 6.30. The summed E-state index contributed by atoms with van der Waals surface area (Å²) >= 11 is 5.90. The van der Waals surface area contributed by atoms with Crippen LogP contribution in [0.25, 0.3) is 0 Å². The minimum Gasteiger partial charge on any atom is -0.484 e. The highest BCUT2D eigenvalue weighted by atomic mass is 35.5. The number of hydrogen-bond acceptors (Lipinski definition) is 3. The third-order valence-corrected chi connectivity index (χ3v) is 3.72. The number of ether oxygens (including phenoxy) is 2. The molecule has 0 N–H and O–H groups in total. The summed E-state index contributed by atoms with van der Waals surface area (Å²) < 4.78 is 10.8. The van der Waals surface area contributed by atoms with E-state index in [0.717, 1.165) is 16.9 Å². The van der Waals surface area contributed by atoms with Gasteiger partial charge in [0.05, 0.1) is 7.11 Å². The molecule has 3 rings (SSSR count). The van der Waals surface area contributed by atoms with E-state index in [2.05, 4.69) is 0 Å². The molecule has 3 nitrogen and oxygen atoms in total. The lowest BCUT2D eigenvalue weighted by atomic mass is 9.91. The molecule has 0 spiro atoms. The van der Waals surface area contributed by atoms with Gasteiger partial charge in [-0.2, -0.15) is 0 Å². The van der Waals surface area contributed by atoms with Crippen molar-refractivity contribution in [2.75, 3.05) is 7.11 Å². The fourth-order valence-corrected chi connectivity index (χ4v) is 2.63. The third kappa shape index (κ3) is 2.14. The zero-order valence-electron chi connectivity index (χ0n) is 10.9. The Morgan fingerprint density at radius 3 is 2.55 bits per heavy atom. The zero-order chi connectivity index (χ0) is 14.1. The zero-order valence-corrected chi connectivity index (χ0v) is 11.6. The van der Waals surface area contributed by atoms with Crippen molar-refractivity contribution in [1.29, 1.82) is 0 Å². The van der Waals surface area contributed by atoms with Gasteiger partial charge < -0.3 is 9.47 Å².